The van der Waals surface area contributed by atoms with E-state index >= 15 is 0 Å². The highest BCUT2D eigenvalue weighted by Gasteiger charge is 2.31. The van der Waals surface area contributed by atoms with Crippen molar-refractivity contribution in [2.45, 2.75) is 6.92 Å². The molecule has 0 saturated carbocycles. The second-order valence-corrected chi connectivity index (χ2v) is 7.88. The van der Waals surface area contributed by atoms with Gasteiger partial charge < -0.3 is 54.7 Å². The molecule has 0 amide bonds. The van der Waals surface area contributed by atoms with Crippen LogP contribution in [-0.2, 0) is 0 Å². The van der Waals surface area contributed by atoms with Crippen molar-refractivity contribution in [3.8, 4) is 86.2 Å². The minimum atomic E-state index is -0.555. The van der Waals surface area contributed by atoms with E-state index in [1.807, 2.05) is 0 Å². The molecule has 0 unspecified atom stereocenters. The molecular formula is C25H18O11. The van der Waals surface area contributed by atoms with Crippen LogP contribution in [0.4, 0.5) is 0 Å². The van der Waals surface area contributed by atoms with Gasteiger partial charge in [-0.2, -0.15) is 0 Å². The van der Waals surface area contributed by atoms with Crippen LogP contribution in [0.15, 0.2) is 48.5 Å². The standard InChI is InChI=1S/C25H18O11/c1-10-2-16(29)24-25(21(10)33-14-4-11(26)3-12(27)5-14)36-23-19(32)8-15(9-20(23)35-24)34-22-17(30)6-13(28)7-18(22)31/h2-9,26-32H,1H3. The highest BCUT2D eigenvalue weighted by molar-refractivity contribution is 5.71. The predicted octanol–water partition coefficient (Wildman–Crippen LogP) is 5.42. The van der Waals surface area contributed by atoms with Gasteiger partial charge in [-0.05, 0) is 18.6 Å². The molecule has 1 aliphatic heterocycles. The van der Waals surface area contributed by atoms with Gasteiger partial charge in [0, 0.05) is 42.5 Å². The molecule has 4 aromatic carbocycles. The third kappa shape index (κ3) is 3.94. The highest BCUT2D eigenvalue weighted by atomic mass is 16.6. The molecular weight excluding hydrogens is 476 g/mol. The molecule has 36 heavy (non-hydrogen) atoms. The number of hydrogen-bond donors (Lipinski definition) is 7. The zero-order valence-electron chi connectivity index (χ0n) is 18.4. The zero-order valence-corrected chi connectivity index (χ0v) is 18.4. The molecule has 0 aliphatic carbocycles. The summed E-state index contributed by atoms with van der Waals surface area (Å²) >= 11 is 0. The first-order valence-electron chi connectivity index (χ1n) is 10.3. The van der Waals surface area contributed by atoms with Gasteiger partial charge in [-0.15, -0.1) is 0 Å². The molecule has 1 aliphatic rings. The van der Waals surface area contributed by atoms with Crippen molar-refractivity contribution < 1.29 is 54.7 Å². The van der Waals surface area contributed by atoms with E-state index in [9.17, 15) is 35.7 Å². The first-order valence-corrected chi connectivity index (χ1v) is 10.3. The molecule has 4 aromatic rings. The first-order chi connectivity index (χ1) is 17.1. The van der Waals surface area contributed by atoms with Crippen LogP contribution in [0, 0.1) is 6.92 Å². The van der Waals surface area contributed by atoms with Crippen LogP contribution in [0.25, 0.3) is 0 Å². The number of phenolic OH excluding ortho intramolecular Hbond substituents is 7. The van der Waals surface area contributed by atoms with E-state index in [2.05, 4.69) is 0 Å². The minimum Gasteiger partial charge on any atom is -0.508 e. The van der Waals surface area contributed by atoms with E-state index in [1.165, 1.54) is 24.3 Å². The number of ether oxygens (including phenoxy) is 4. The molecule has 11 heteroatoms. The van der Waals surface area contributed by atoms with E-state index in [0.717, 1.165) is 24.3 Å². The van der Waals surface area contributed by atoms with E-state index in [0.29, 0.717) is 5.56 Å². The fraction of sp³-hybridized carbons (Fsp3) is 0.0400. The van der Waals surface area contributed by atoms with Gasteiger partial charge in [0.05, 0.1) is 0 Å². The van der Waals surface area contributed by atoms with E-state index in [-0.39, 0.29) is 69.0 Å². The van der Waals surface area contributed by atoms with Gasteiger partial charge in [0.1, 0.15) is 28.7 Å². The Morgan fingerprint density at radius 1 is 0.500 bits per heavy atom. The van der Waals surface area contributed by atoms with Crippen LogP contribution in [0.3, 0.4) is 0 Å². The number of phenols is 7. The zero-order chi connectivity index (χ0) is 25.7. The topological polar surface area (TPSA) is 179 Å². The van der Waals surface area contributed by atoms with Crippen LogP contribution >= 0.6 is 0 Å². The Morgan fingerprint density at radius 3 is 1.72 bits per heavy atom. The maximum atomic E-state index is 10.6. The Balaban J connectivity index is 1.53. The van der Waals surface area contributed by atoms with Crippen molar-refractivity contribution in [2.75, 3.05) is 0 Å². The number of benzene rings is 4. The number of hydrogen-bond acceptors (Lipinski definition) is 11. The summed E-state index contributed by atoms with van der Waals surface area (Å²) in [6.45, 7) is 1.62. The summed E-state index contributed by atoms with van der Waals surface area (Å²) in [5.74, 6) is -3.51. The molecule has 0 fully saturated rings. The highest BCUT2D eigenvalue weighted by Crippen LogP contribution is 2.59. The van der Waals surface area contributed by atoms with Crippen molar-refractivity contribution in [3.63, 3.8) is 0 Å². The van der Waals surface area contributed by atoms with Crippen molar-refractivity contribution >= 4 is 0 Å². The van der Waals surface area contributed by atoms with Gasteiger partial charge in [-0.25, -0.2) is 0 Å². The average Bonchev–Trinajstić information content (AvgIpc) is 2.78. The van der Waals surface area contributed by atoms with Crippen LogP contribution in [0.2, 0.25) is 0 Å². The Hall–Kier alpha value is -5.32. The molecule has 184 valence electrons. The molecule has 7 N–H and O–H groups in total. The van der Waals surface area contributed by atoms with Gasteiger partial charge in [0.15, 0.2) is 34.5 Å². The van der Waals surface area contributed by atoms with Crippen LogP contribution in [0.1, 0.15) is 5.56 Å². The summed E-state index contributed by atoms with van der Waals surface area (Å²) in [6.07, 6.45) is 0. The number of aryl methyl sites for hydroxylation is 1. The Morgan fingerprint density at radius 2 is 1.06 bits per heavy atom. The summed E-state index contributed by atoms with van der Waals surface area (Å²) in [7, 11) is 0. The molecule has 5 rings (SSSR count). The van der Waals surface area contributed by atoms with Crippen molar-refractivity contribution in [2.24, 2.45) is 0 Å². The maximum Gasteiger partial charge on any atom is 0.216 e. The molecule has 0 radical (unpaired) electrons. The summed E-state index contributed by atoms with van der Waals surface area (Å²) in [5.41, 5.74) is 0.416. The molecule has 1 heterocycles. The number of fused-ring (bicyclic) bond motifs is 2. The fourth-order valence-electron chi connectivity index (χ4n) is 3.62. The molecule has 0 saturated heterocycles. The molecule has 0 spiro atoms. The SMILES string of the molecule is Cc1cc(O)c2c(c1Oc1cc(O)cc(O)c1)Oc1c(O)cc(Oc3c(O)cc(O)cc3O)cc1O2. The number of rotatable bonds is 4. The van der Waals surface area contributed by atoms with E-state index in [1.54, 1.807) is 6.92 Å². The average molecular weight is 494 g/mol. The Kier molecular flexibility index (Phi) is 5.10. The predicted molar refractivity (Wildman–Crippen MR) is 122 cm³/mol. The first kappa shape index (κ1) is 22.5. The number of aromatic hydroxyl groups is 7. The normalized spacial score (nSPS) is 11.6. The summed E-state index contributed by atoms with van der Waals surface area (Å²) in [5, 5.41) is 70.0. The van der Waals surface area contributed by atoms with Crippen molar-refractivity contribution in [1.29, 1.82) is 0 Å². The van der Waals surface area contributed by atoms with Crippen LogP contribution < -0.4 is 18.9 Å². The van der Waals surface area contributed by atoms with Crippen molar-refractivity contribution in [1.82, 2.24) is 0 Å². The van der Waals surface area contributed by atoms with Crippen molar-refractivity contribution in [3.05, 3.63) is 54.1 Å². The largest absolute Gasteiger partial charge is 0.508 e. The van der Waals surface area contributed by atoms with E-state index in [4.69, 9.17) is 18.9 Å². The maximum absolute atomic E-state index is 10.6. The van der Waals surface area contributed by atoms with Crippen LogP contribution in [-0.4, -0.2) is 35.7 Å². The molecule has 0 aromatic heterocycles. The van der Waals surface area contributed by atoms with Gasteiger partial charge in [0.2, 0.25) is 23.0 Å². The summed E-state index contributed by atoms with van der Waals surface area (Å²) in [6, 6.07) is 9.29. The third-order valence-corrected chi connectivity index (χ3v) is 5.13. The van der Waals surface area contributed by atoms with E-state index < -0.39 is 17.2 Å². The molecule has 0 bridgehead atoms. The summed E-state index contributed by atoms with van der Waals surface area (Å²) < 4.78 is 22.9. The second kappa shape index (κ2) is 8.17. The Labute approximate surface area is 202 Å². The lowest BCUT2D eigenvalue weighted by Crippen LogP contribution is -2.03. The minimum absolute atomic E-state index is 0.0689. The van der Waals surface area contributed by atoms with Gasteiger partial charge in [-0.3, -0.25) is 0 Å². The van der Waals surface area contributed by atoms with Gasteiger partial charge in [-0.1, -0.05) is 0 Å². The Bertz CT molecular complexity index is 1480. The van der Waals surface area contributed by atoms with Gasteiger partial charge >= 0.3 is 0 Å². The van der Waals surface area contributed by atoms with Crippen LogP contribution in [0.5, 0.6) is 86.2 Å². The molecule has 0 atom stereocenters. The lowest BCUT2D eigenvalue weighted by molar-refractivity contribution is 0.305. The third-order valence-electron chi connectivity index (χ3n) is 5.13. The summed E-state index contributed by atoms with van der Waals surface area (Å²) in [4.78, 5) is 0. The monoisotopic (exact) mass is 494 g/mol. The van der Waals surface area contributed by atoms with Gasteiger partial charge in [0.25, 0.3) is 0 Å². The lowest BCUT2D eigenvalue weighted by atomic mass is 10.1. The smallest absolute Gasteiger partial charge is 0.216 e. The second-order valence-electron chi connectivity index (χ2n) is 7.88. The quantitative estimate of drug-likeness (QED) is 0.170. The lowest BCUT2D eigenvalue weighted by Gasteiger charge is -2.25. The fourth-order valence-corrected chi connectivity index (χ4v) is 3.62. The molecule has 11 nitrogen and oxygen atoms in total.